The Balaban J connectivity index is 2.27. The number of methoxy groups -OCH3 is 1. The van der Waals surface area contributed by atoms with Crippen LogP contribution in [-0.4, -0.2) is 23.4 Å². The molecular weight excluding hydrogens is 218 g/mol. The monoisotopic (exact) mass is 237 g/mol. The Labute approximate surface area is 101 Å². The maximum Gasteiger partial charge on any atom is 0.160 e. The molecule has 1 aromatic rings. The number of ether oxygens (including phenoxy) is 1. The van der Waals surface area contributed by atoms with E-state index < -0.39 is 5.54 Å². The quantitative estimate of drug-likeness (QED) is 0.728. The van der Waals surface area contributed by atoms with Crippen LogP contribution >= 0.6 is 0 Å². The molecule has 0 bridgehead atoms. The molecule has 1 saturated carbocycles. The van der Waals surface area contributed by atoms with E-state index in [0.29, 0.717) is 5.75 Å². The standard InChI is InChI=1S/C13H19NO3/c1-17-12-8-9(2-3-11(12)16)13(14)6-4-10(15)5-7-13/h2-3,8,10,15-16H,4-7,14H2,1H3. The number of aromatic hydroxyl groups is 1. The van der Waals surface area contributed by atoms with Gasteiger partial charge >= 0.3 is 0 Å². The SMILES string of the molecule is COc1cc(C2(N)CCC(O)CC2)ccc1O. The Morgan fingerprint density at radius 2 is 2.00 bits per heavy atom. The lowest BCUT2D eigenvalue weighted by atomic mass is 9.76. The van der Waals surface area contributed by atoms with Crippen molar-refractivity contribution >= 4 is 0 Å². The molecule has 1 aliphatic carbocycles. The van der Waals surface area contributed by atoms with Crippen LogP contribution in [-0.2, 0) is 5.54 Å². The maximum absolute atomic E-state index is 9.55. The molecule has 0 saturated heterocycles. The van der Waals surface area contributed by atoms with Gasteiger partial charge in [-0.3, -0.25) is 0 Å². The van der Waals surface area contributed by atoms with Crippen molar-refractivity contribution in [3.63, 3.8) is 0 Å². The van der Waals surface area contributed by atoms with Crippen molar-refractivity contribution in [2.75, 3.05) is 7.11 Å². The fourth-order valence-electron chi connectivity index (χ4n) is 2.39. The average molecular weight is 237 g/mol. The van der Waals surface area contributed by atoms with Gasteiger partial charge in [0.2, 0.25) is 0 Å². The molecule has 0 unspecified atom stereocenters. The molecule has 4 N–H and O–H groups in total. The lowest BCUT2D eigenvalue weighted by Crippen LogP contribution is -2.41. The van der Waals surface area contributed by atoms with Crippen LogP contribution in [0.3, 0.4) is 0 Å². The fourth-order valence-corrected chi connectivity index (χ4v) is 2.39. The van der Waals surface area contributed by atoms with Crippen molar-refractivity contribution in [2.45, 2.75) is 37.3 Å². The number of phenols is 1. The maximum atomic E-state index is 9.55. The fraction of sp³-hybridized carbons (Fsp3) is 0.538. The zero-order valence-corrected chi connectivity index (χ0v) is 10.0. The predicted molar refractivity (Wildman–Crippen MR) is 65.0 cm³/mol. The Morgan fingerprint density at radius 1 is 1.35 bits per heavy atom. The first kappa shape index (κ1) is 12.2. The Kier molecular flexibility index (Phi) is 3.26. The van der Waals surface area contributed by atoms with E-state index in [1.807, 2.05) is 6.07 Å². The van der Waals surface area contributed by atoms with Gasteiger partial charge in [-0.15, -0.1) is 0 Å². The highest BCUT2D eigenvalue weighted by Crippen LogP contribution is 2.38. The summed E-state index contributed by atoms with van der Waals surface area (Å²) in [7, 11) is 1.52. The summed E-state index contributed by atoms with van der Waals surface area (Å²) in [6.45, 7) is 0. The van der Waals surface area contributed by atoms with Gasteiger partial charge in [0.15, 0.2) is 11.5 Å². The van der Waals surface area contributed by atoms with Crippen LogP contribution in [0.2, 0.25) is 0 Å². The minimum Gasteiger partial charge on any atom is -0.504 e. The minimum absolute atomic E-state index is 0.121. The van der Waals surface area contributed by atoms with Gasteiger partial charge < -0.3 is 20.7 Å². The highest BCUT2D eigenvalue weighted by atomic mass is 16.5. The van der Waals surface area contributed by atoms with Crippen molar-refractivity contribution in [3.05, 3.63) is 23.8 Å². The van der Waals surface area contributed by atoms with E-state index in [9.17, 15) is 10.2 Å². The van der Waals surface area contributed by atoms with Crippen LogP contribution in [0.4, 0.5) is 0 Å². The average Bonchev–Trinajstić information content (AvgIpc) is 2.34. The molecule has 2 rings (SSSR count). The van der Waals surface area contributed by atoms with Gasteiger partial charge in [-0.25, -0.2) is 0 Å². The third-order valence-corrected chi connectivity index (χ3v) is 3.60. The van der Waals surface area contributed by atoms with Gasteiger partial charge in [-0.05, 0) is 43.4 Å². The molecular formula is C13H19NO3. The van der Waals surface area contributed by atoms with E-state index in [4.69, 9.17) is 10.5 Å². The van der Waals surface area contributed by atoms with E-state index in [1.54, 1.807) is 12.1 Å². The molecule has 17 heavy (non-hydrogen) atoms. The molecule has 0 aromatic heterocycles. The molecule has 1 aromatic carbocycles. The number of benzene rings is 1. The van der Waals surface area contributed by atoms with Crippen molar-refractivity contribution in [1.29, 1.82) is 0 Å². The molecule has 0 amide bonds. The molecule has 0 heterocycles. The lowest BCUT2D eigenvalue weighted by molar-refractivity contribution is 0.0968. The first-order chi connectivity index (χ1) is 8.05. The third-order valence-electron chi connectivity index (χ3n) is 3.60. The van der Waals surface area contributed by atoms with Gasteiger partial charge in [-0.1, -0.05) is 6.07 Å². The predicted octanol–water partition coefficient (Wildman–Crippen LogP) is 1.49. The Morgan fingerprint density at radius 3 is 2.59 bits per heavy atom. The van der Waals surface area contributed by atoms with Gasteiger partial charge in [0.25, 0.3) is 0 Å². The number of aliphatic hydroxyl groups excluding tert-OH is 1. The first-order valence-corrected chi connectivity index (χ1v) is 5.89. The van der Waals surface area contributed by atoms with Gasteiger partial charge in [0.05, 0.1) is 13.2 Å². The lowest BCUT2D eigenvalue weighted by Gasteiger charge is -2.36. The van der Waals surface area contributed by atoms with E-state index in [2.05, 4.69) is 0 Å². The summed E-state index contributed by atoms with van der Waals surface area (Å²) in [4.78, 5) is 0. The number of hydrogen-bond donors (Lipinski definition) is 3. The molecule has 0 atom stereocenters. The summed E-state index contributed by atoms with van der Waals surface area (Å²) in [6, 6.07) is 5.22. The highest BCUT2D eigenvalue weighted by molar-refractivity contribution is 5.44. The second kappa shape index (κ2) is 4.55. The molecule has 4 nitrogen and oxygen atoms in total. The topological polar surface area (TPSA) is 75.7 Å². The molecule has 1 fully saturated rings. The summed E-state index contributed by atoms with van der Waals surface area (Å²) in [5.74, 6) is 0.564. The molecule has 4 heteroatoms. The molecule has 0 spiro atoms. The van der Waals surface area contributed by atoms with Gasteiger partial charge in [-0.2, -0.15) is 0 Å². The van der Waals surface area contributed by atoms with Gasteiger partial charge in [0.1, 0.15) is 0 Å². The third kappa shape index (κ3) is 2.37. The number of aliphatic hydroxyl groups is 1. The molecule has 94 valence electrons. The zero-order valence-electron chi connectivity index (χ0n) is 10.0. The largest absolute Gasteiger partial charge is 0.504 e. The number of nitrogens with two attached hydrogens (primary N) is 1. The summed E-state index contributed by atoms with van der Waals surface area (Å²) in [5.41, 5.74) is 6.91. The molecule has 1 aliphatic rings. The zero-order chi connectivity index (χ0) is 12.5. The normalized spacial score (nSPS) is 29.0. The van der Waals surface area contributed by atoms with Gasteiger partial charge in [0, 0.05) is 5.54 Å². The summed E-state index contributed by atoms with van der Waals surface area (Å²) >= 11 is 0. The summed E-state index contributed by atoms with van der Waals surface area (Å²) in [6.07, 6.45) is 2.72. The van der Waals surface area contributed by atoms with Crippen LogP contribution in [0.1, 0.15) is 31.2 Å². The van der Waals surface area contributed by atoms with Crippen LogP contribution in [0.25, 0.3) is 0 Å². The Hall–Kier alpha value is -1.26. The van der Waals surface area contributed by atoms with Crippen molar-refractivity contribution < 1.29 is 14.9 Å². The second-order valence-electron chi connectivity index (χ2n) is 4.77. The van der Waals surface area contributed by atoms with E-state index in [1.165, 1.54) is 7.11 Å². The van der Waals surface area contributed by atoms with Crippen molar-refractivity contribution in [3.8, 4) is 11.5 Å². The minimum atomic E-state index is -0.416. The molecule has 0 radical (unpaired) electrons. The highest BCUT2D eigenvalue weighted by Gasteiger charge is 2.33. The van der Waals surface area contributed by atoms with Crippen LogP contribution in [0.5, 0.6) is 11.5 Å². The van der Waals surface area contributed by atoms with Crippen molar-refractivity contribution in [2.24, 2.45) is 5.73 Å². The smallest absolute Gasteiger partial charge is 0.160 e. The van der Waals surface area contributed by atoms with Crippen molar-refractivity contribution in [1.82, 2.24) is 0 Å². The second-order valence-corrected chi connectivity index (χ2v) is 4.77. The van der Waals surface area contributed by atoms with Crippen LogP contribution in [0.15, 0.2) is 18.2 Å². The number of rotatable bonds is 2. The number of phenolic OH excluding ortho intramolecular Hbond substituents is 1. The molecule has 0 aliphatic heterocycles. The summed E-state index contributed by atoms with van der Waals surface area (Å²) < 4.78 is 5.09. The van der Waals surface area contributed by atoms with E-state index >= 15 is 0 Å². The first-order valence-electron chi connectivity index (χ1n) is 5.89. The summed E-state index contributed by atoms with van der Waals surface area (Å²) in [5, 5.41) is 19.1. The van der Waals surface area contributed by atoms with E-state index in [0.717, 1.165) is 31.2 Å². The Bertz CT molecular complexity index is 398. The number of hydrogen-bond acceptors (Lipinski definition) is 4. The van der Waals surface area contributed by atoms with Crippen LogP contribution < -0.4 is 10.5 Å². The van der Waals surface area contributed by atoms with E-state index in [-0.39, 0.29) is 11.9 Å². The van der Waals surface area contributed by atoms with Crippen LogP contribution in [0, 0.1) is 0 Å².